The van der Waals surface area contributed by atoms with Gasteiger partial charge >= 0.3 is 5.97 Å². The maximum atomic E-state index is 13.0. The Hall–Kier alpha value is -1.95. The summed E-state index contributed by atoms with van der Waals surface area (Å²) in [5, 5.41) is 21.3. The van der Waals surface area contributed by atoms with Gasteiger partial charge in [0.15, 0.2) is 0 Å². The maximum Gasteiger partial charge on any atom is 0.308 e. The number of benzene rings is 1. The summed E-state index contributed by atoms with van der Waals surface area (Å²) < 4.78 is 13.0. The molecule has 2 unspecified atom stereocenters. The van der Waals surface area contributed by atoms with Crippen LogP contribution in [0.4, 0.5) is 4.39 Å². The van der Waals surface area contributed by atoms with Crippen molar-refractivity contribution in [3.8, 4) is 0 Å². The molecule has 21 heavy (non-hydrogen) atoms. The van der Waals surface area contributed by atoms with Gasteiger partial charge in [0.2, 0.25) is 5.91 Å². The monoisotopic (exact) mass is 297 g/mol. The summed E-state index contributed by atoms with van der Waals surface area (Å²) in [6.45, 7) is 1.89. The molecule has 1 aromatic carbocycles. The van der Waals surface area contributed by atoms with E-state index < -0.39 is 29.7 Å². The predicted octanol–water partition coefficient (Wildman–Crippen LogP) is 1.87. The van der Waals surface area contributed by atoms with Gasteiger partial charge in [-0.3, -0.25) is 9.59 Å². The standard InChI is InChI=1S/C15H20FNO4/c1-2-4-11(15(20)21)9-17-14(19)8-13(18)10-5-3-6-12(16)7-10/h3,5-7,11,13,18H,2,4,8-9H2,1H3,(H,17,19)(H,20,21). The van der Waals surface area contributed by atoms with Crippen LogP contribution in [0.5, 0.6) is 0 Å². The molecule has 0 saturated heterocycles. The van der Waals surface area contributed by atoms with Crippen molar-refractivity contribution >= 4 is 11.9 Å². The SMILES string of the molecule is CCCC(CNC(=O)CC(O)c1cccc(F)c1)C(=O)O. The summed E-state index contributed by atoms with van der Waals surface area (Å²) in [5.41, 5.74) is 0.313. The molecule has 2 atom stereocenters. The van der Waals surface area contributed by atoms with Crippen molar-refractivity contribution < 1.29 is 24.2 Å². The number of aliphatic carboxylic acids is 1. The van der Waals surface area contributed by atoms with Gasteiger partial charge in [0.1, 0.15) is 5.82 Å². The van der Waals surface area contributed by atoms with Crippen LogP contribution < -0.4 is 5.32 Å². The number of amides is 1. The molecule has 0 bridgehead atoms. The van der Waals surface area contributed by atoms with Gasteiger partial charge in [-0.2, -0.15) is 0 Å². The highest BCUT2D eigenvalue weighted by Crippen LogP contribution is 2.17. The second-order valence-electron chi connectivity index (χ2n) is 4.90. The van der Waals surface area contributed by atoms with Crippen molar-refractivity contribution in [2.75, 3.05) is 6.54 Å². The minimum absolute atomic E-state index is 0.0257. The van der Waals surface area contributed by atoms with Crippen LogP contribution in [0.3, 0.4) is 0 Å². The van der Waals surface area contributed by atoms with E-state index in [0.29, 0.717) is 18.4 Å². The third-order valence-electron chi connectivity index (χ3n) is 3.14. The van der Waals surface area contributed by atoms with Gasteiger partial charge in [-0.1, -0.05) is 25.5 Å². The average molecular weight is 297 g/mol. The summed E-state index contributed by atoms with van der Waals surface area (Å²) in [4.78, 5) is 22.6. The van der Waals surface area contributed by atoms with Crippen LogP contribution in [0.1, 0.15) is 37.9 Å². The van der Waals surface area contributed by atoms with Crippen LogP contribution >= 0.6 is 0 Å². The maximum absolute atomic E-state index is 13.0. The fourth-order valence-corrected chi connectivity index (χ4v) is 1.98. The van der Waals surface area contributed by atoms with Crippen LogP contribution in [0.2, 0.25) is 0 Å². The Balaban J connectivity index is 2.47. The second kappa shape index (κ2) is 8.36. The quantitative estimate of drug-likeness (QED) is 0.683. The van der Waals surface area contributed by atoms with Gasteiger partial charge in [-0.05, 0) is 24.1 Å². The molecule has 116 valence electrons. The number of hydrogen-bond acceptors (Lipinski definition) is 3. The lowest BCUT2D eigenvalue weighted by molar-refractivity contribution is -0.142. The number of nitrogens with one attached hydrogen (secondary N) is 1. The molecule has 0 spiro atoms. The molecule has 1 amide bonds. The van der Waals surface area contributed by atoms with Gasteiger partial charge in [0, 0.05) is 6.54 Å². The summed E-state index contributed by atoms with van der Waals surface area (Å²) in [7, 11) is 0. The molecule has 3 N–H and O–H groups in total. The smallest absolute Gasteiger partial charge is 0.308 e. The molecule has 6 heteroatoms. The molecule has 1 aromatic rings. The number of halogens is 1. The number of carbonyl (C=O) groups excluding carboxylic acids is 1. The summed E-state index contributed by atoms with van der Waals surface area (Å²) in [5.74, 6) is -2.54. The normalized spacial score (nSPS) is 13.5. The molecule has 0 aliphatic carbocycles. The average Bonchev–Trinajstić information content (AvgIpc) is 2.43. The molecule has 0 heterocycles. The van der Waals surface area contributed by atoms with E-state index in [0.717, 1.165) is 6.07 Å². The van der Waals surface area contributed by atoms with Crippen LogP contribution in [0.15, 0.2) is 24.3 Å². The Morgan fingerprint density at radius 2 is 2.10 bits per heavy atom. The minimum atomic E-state index is -1.12. The van der Waals surface area contributed by atoms with Crippen LogP contribution in [-0.2, 0) is 9.59 Å². The first-order valence-electron chi connectivity index (χ1n) is 6.87. The lowest BCUT2D eigenvalue weighted by Crippen LogP contribution is -2.33. The van der Waals surface area contributed by atoms with Gasteiger partial charge in [-0.15, -0.1) is 0 Å². The molecule has 0 fully saturated rings. The Morgan fingerprint density at radius 1 is 1.38 bits per heavy atom. The first-order chi connectivity index (χ1) is 9.93. The zero-order valence-electron chi connectivity index (χ0n) is 11.9. The van der Waals surface area contributed by atoms with Crippen LogP contribution in [0.25, 0.3) is 0 Å². The van der Waals surface area contributed by atoms with Crippen molar-refractivity contribution in [2.45, 2.75) is 32.3 Å². The Labute approximate surface area is 122 Å². The minimum Gasteiger partial charge on any atom is -0.481 e. The molecule has 0 radical (unpaired) electrons. The second-order valence-corrected chi connectivity index (χ2v) is 4.90. The number of carboxylic acid groups (broad SMARTS) is 1. The predicted molar refractivity (Wildman–Crippen MR) is 75.0 cm³/mol. The first-order valence-corrected chi connectivity index (χ1v) is 6.87. The van der Waals surface area contributed by atoms with Crippen LogP contribution in [-0.4, -0.2) is 28.6 Å². The van der Waals surface area contributed by atoms with E-state index >= 15 is 0 Å². The summed E-state index contributed by atoms with van der Waals surface area (Å²) in [6, 6.07) is 5.39. The lowest BCUT2D eigenvalue weighted by atomic mass is 10.0. The highest BCUT2D eigenvalue weighted by atomic mass is 19.1. The molecular weight excluding hydrogens is 277 g/mol. The van der Waals surface area contributed by atoms with Crippen LogP contribution in [0, 0.1) is 11.7 Å². The molecule has 5 nitrogen and oxygen atoms in total. The molecule has 0 aliphatic heterocycles. The highest BCUT2D eigenvalue weighted by molar-refractivity contribution is 5.78. The van der Waals surface area contributed by atoms with Crippen molar-refractivity contribution in [1.82, 2.24) is 5.32 Å². The molecule has 1 rings (SSSR count). The number of aliphatic hydroxyl groups excluding tert-OH is 1. The largest absolute Gasteiger partial charge is 0.481 e. The summed E-state index contributed by atoms with van der Waals surface area (Å²) >= 11 is 0. The van der Waals surface area contributed by atoms with Gasteiger partial charge < -0.3 is 15.5 Å². The topological polar surface area (TPSA) is 86.6 Å². The number of rotatable bonds is 8. The van der Waals surface area contributed by atoms with Gasteiger partial charge in [-0.25, -0.2) is 4.39 Å². The zero-order valence-corrected chi connectivity index (χ0v) is 11.9. The number of carboxylic acids is 1. The van der Waals surface area contributed by atoms with E-state index in [4.69, 9.17) is 5.11 Å². The first kappa shape index (κ1) is 17.1. The van der Waals surface area contributed by atoms with Gasteiger partial charge in [0.05, 0.1) is 18.4 Å². The Bertz CT molecular complexity index is 492. The Morgan fingerprint density at radius 3 is 2.67 bits per heavy atom. The van der Waals surface area contributed by atoms with E-state index in [1.54, 1.807) is 0 Å². The van der Waals surface area contributed by atoms with Crippen molar-refractivity contribution in [3.63, 3.8) is 0 Å². The fraction of sp³-hybridized carbons (Fsp3) is 0.467. The molecular formula is C15H20FNO4. The summed E-state index contributed by atoms with van der Waals surface area (Å²) in [6.07, 6.45) is -0.168. The molecule has 0 aromatic heterocycles. The van der Waals surface area contributed by atoms with Crippen molar-refractivity contribution in [2.24, 2.45) is 5.92 Å². The van der Waals surface area contributed by atoms with E-state index in [2.05, 4.69) is 5.32 Å². The number of aliphatic hydroxyl groups is 1. The zero-order chi connectivity index (χ0) is 15.8. The number of hydrogen-bond donors (Lipinski definition) is 3. The van der Waals surface area contributed by atoms with E-state index in [-0.39, 0.29) is 13.0 Å². The van der Waals surface area contributed by atoms with E-state index in [1.165, 1.54) is 18.2 Å². The number of carbonyl (C=O) groups is 2. The molecule has 0 aliphatic rings. The highest BCUT2D eigenvalue weighted by Gasteiger charge is 2.19. The van der Waals surface area contributed by atoms with E-state index in [1.807, 2.05) is 6.92 Å². The fourth-order valence-electron chi connectivity index (χ4n) is 1.98. The van der Waals surface area contributed by atoms with Crippen molar-refractivity contribution in [3.05, 3.63) is 35.6 Å². The van der Waals surface area contributed by atoms with Gasteiger partial charge in [0.25, 0.3) is 0 Å². The van der Waals surface area contributed by atoms with Crippen molar-refractivity contribution in [1.29, 1.82) is 0 Å². The van der Waals surface area contributed by atoms with E-state index in [9.17, 15) is 19.1 Å². The molecule has 0 saturated carbocycles. The third kappa shape index (κ3) is 5.91. The Kier molecular flexibility index (Phi) is 6.81. The third-order valence-corrected chi connectivity index (χ3v) is 3.14. The lowest BCUT2D eigenvalue weighted by Gasteiger charge is -2.14.